The molecule has 0 spiro atoms. The standard InChI is InChI=1S/C17H14ClNO5S2/c1-9-12-8-11(18)4-6-15(12)25-16(9)19(26(22)23)13-5-3-10(17(20)21)7-14(13)24-2/h3-8H,1-2H3,(H,20,21)(H,22,23). The number of rotatable bonds is 5. The molecule has 0 bridgehead atoms. The summed E-state index contributed by atoms with van der Waals surface area (Å²) in [6.07, 6.45) is 0. The highest BCUT2D eigenvalue weighted by Gasteiger charge is 2.25. The summed E-state index contributed by atoms with van der Waals surface area (Å²) in [6, 6.07) is 9.54. The highest BCUT2D eigenvalue weighted by atomic mass is 35.5. The van der Waals surface area contributed by atoms with Crippen molar-refractivity contribution in [1.29, 1.82) is 0 Å². The average molecular weight is 412 g/mol. The van der Waals surface area contributed by atoms with Crippen molar-refractivity contribution >= 4 is 60.9 Å². The fourth-order valence-corrected chi connectivity index (χ4v) is 4.80. The summed E-state index contributed by atoms with van der Waals surface area (Å²) in [4.78, 5) is 11.2. The SMILES string of the molecule is COc1cc(C(=O)O)ccc1N(c1sc2ccc(Cl)cc2c1C)S(=O)O. The van der Waals surface area contributed by atoms with E-state index < -0.39 is 17.2 Å². The number of hydrogen-bond acceptors (Lipinski definition) is 4. The first kappa shape index (κ1) is 18.7. The molecule has 0 amide bonds. The van der Waals surface area contributed by atoms with E-state index >= 15 is 0 Å². The van der Waals surface area contributed by atoms with Crippen LogP contribution < -0.4 is 9.04 Å². The summed E-state index contributed by atoms with van der Waals surface area (Å²) in [5.74, 6) is -0.929. The van der Waals surface area contributed by atoms with Gasteiger partial charge in [-0.25, -0.2) is 13.3 Å². The molecule has 2 N–H and O–H groups in total. The molecule has 1 aromatic heterocycles. The molecule has 1 atom stereocenters. The number of fused-ring (bicyclic) bond motifs is 1. The number of ether oxygens (including phenoxy) is 1. The average Bonchev–Trinajstić information content (AvgIpc) is 2.91. The van der Waals surface area contributed by atoms with Crippen LogP contribution in [0.2, 0.25) is 5.02 Å². The largest absolute Gasteiger partial charge is 0.495 e. The van der Waals surface area contributed by atoms with Crippen LogP contribution in [0.5, 0.6) is 5.75 Å². The van der Waals surface area contributed by atoms with Crippen LogP contribution in [0.3, 0.4) is 0 Å². The molecule has 1 unspecified atom stereocenters. The van der Waals surface area contributed by atoms with Gasteiger partial charge in [0, 0.05) is 9.72 Å². The van der Waals surface area contributed by atoms with Crippen LogP contribution in [-0.2, 0) is 11.3 Å². The van der Waals surface area contributed by atoms with Gasteiger partial charge in [-0.05, 0) is 54.3 Å². The minimum absolute atomic E-state index is 0.0223. The van der Waals surface area contributed by atoms with E-state index in [1.54, 1.807) is 12.1 Å². The van der Waals surface area contributed by atoms with Gasteiger partial charge in [-0.15, -0.1) is 11.3 Å². The zero-order valence-electron chi connectivity index (χ0n) is 13.7. The molecule has 2 aromatic carbocycles. The smallest absolute Gasteiger partial charge is 0.335 e. The van der Waals surface area contributed by atoms with Gasteiger partial charge in [0.05, 0.1) is 18.4 Å². The first-order valence-electron chi connectivity index (χ1n) is 7.34. The molecule has 9 heteroatoms. The molecule has 1 heterocycles. The summed E-state index contributed by atoms with van der Waals surface area (Å²) in [7, 11) is 1.38. The second kappa shape index (κ2) is 7.24. The van der Waals surface area contributed by atoms with E-state index in [1.165, 1.54) is 41.0 Å². The maximum Gasteiger partial charge on any atom is 0.335 e. The summed E-state index contributed by atoms with van der Waals surface area (Å²) in [5, 5.41) is 11.1. The quantitative estimate of drug-likeness (QED) is 0.586. The number of carboxylic acid groups (broad SMARTS) is 1. The zero-order valence-corrected chi connectivity index (χ0v) is 16.1. The topological polar surface area (TPSA) is 87.1 Å². The van der Waals surface area contributed by atoms with Gasteiger partial charge in [0.1, 0.15) is 10.8 Å². The van der Waals surface area contributed by atoms with E-state index in [1.807, 2.05) is 13.0 Å². The van der Waals surface area contributed by atoms with Crippen LogP contribution >= 0.6 is 22.9 Å². The number of methoxy groups -OCH3 is 1. The Labute approximate surface area is 161 Å². The third-order valence-electron chi connectivity index (χ3n) is 3.86. The Bertz CT molecular complexity index is 1030. The van der Waals surface area contributed by atoms with Crippen molar-refractivity contribution in [3.8, 4) is 5.75 Å². The highest BCUT2D eigenvalue weighted by Crippen LogP contribution is 2.44. The summed E-state index contributed by atoms with van der Waals surface area (Å²) in [5.41, 5.74) is 1.10. The maximum atomic E-state index is 12.1. The zero-order chi connectivity index (χ0) is 19.0. The van der Waals surface area contributed by atoms with Crippen LogP contribution in [-0.4, -0.2) is 26.9 Å². The van der Waals surface area contributed by atoms with Crippen LogP contribution in [0.25, 0.3) is 10.1 Å². The molecule has 3 rings (SSSR count). The van der Waals surface area contributed by atoms with Gasteiger partial charge in [-0.2, -0.15) is 0 Å². The first-order valence-corrected chi connectivity index (χ1v) is 9.60. The second-order valence-corrected chi connectivity index (χ2v) is 7.68. The van der Waals surface area contributed by atoms with E-state index in [4.69, 9.17) is 21.4 Å². The van der Waals surface area contributed by atoms with Crippen molar-refractivity contribution in [1.82, 2.24) is 0 Å². The molecule has 0 aliphatic heterocycles. The Hall–Kier alpha value is -2.13. The number of nitrogens with zero attached hydrogens (tertiary/aromatic N) is 1. The Morgan fingerprint density at radius 3 is 2.62 bits per heavy atom. The Balaban J connectivity index is 2.22. The Kier molecular flexibility index (Phi) is 5.19. The van der Waals surface area contributed by atoms with Crippen LogP contribution in [0, 0.1) is 6.92 Å². The number of carbonyl (C=O) groups is 1. The predicted molar refractivity (Wildman–Crippen MR) is 104 cm³/mol. The number of carboxylic acids is 1. The number of thiophene rings is 1. The van der Waals surface area contributed by atoms with E-state index in [-0.39, 0.29) is 11.3 Å². The molecule has 0 aliphatic carbocycles. The third-order valence-corrected chi connectivity index (χ3v) is 6.16. The van der Waals surface area contributed by atoms with Crippen LogP contribution in [0.15, 0.2) is 36.4 Å². The monoisotopic (exact) mass is 411 g/mol. The fraction of sp³-hybridized carbons (Fsp3) is 0.118. The maximum absolute atomic E-state index is 12.1. The molecular formula is C17H14ClNO5S2. The van der Waals surface area contributed by atoms with Crippen LogP contribution in [0.1, 0.15) is 15.9 Å². The van der Waals surface area contributed by atoms with Crippen molar-refractivity contribution in [2.45, 2.75) is 6.92 Å². The molecule has 0 aliphatic rings. The molecule has 0 saturated heterocycles. The number of aryl methyl sites for hydroxylation is 1. The predicted octanol–water partition coefficient (Wildman–Crippen LogP) is 4.84. The van der Waals surface area contributed by atoms with Gasteiger partial charge < -0.3 is 9.84 Å². The third kappa shape index (κ3) is 3.28. The molecule has 6 nitrogen and oxygen atoms in total. The van der Waals surface area contributed by atoms with Gasteiger partial charge in [-0.3, -0.25) is 4.55 Å². The van der Waals surface area contributed by atoms with Gasteiger partial charge in [0.25, 0.3) is 11.3 Å². The van der Waals surface area contributed by atoms with Gasteiger partial charge in [0.15, 0.2) is 0 Å². The van der Waals surface area contributed by atoms with Gasteiger partial charge >= 0.3 is 5.97 Å². The summed E-state index contributed by atoms with van der Waals surface area (Å²) < 4.78 is 29.4. The normalized spacial score (nSPS) is 12.2. The van der Waals surface area contributed by atoms with Crippen molar-refractivity contribution in [2.24, 2.45) is 0 Å². The highest BCUT2D eigenvalue weighted by molar-refractivity contribution is 7.81. The van der Waals surface area contributed by atoms with E-state index in [0.717, 1.165) is 15.6 Å². The molecule has 0 saturated carbocycles. The number of benzene rings is 2. The lowest BCUT2D eigenvalue weighted by molar-refractivity contribution is 0.0696. The first-order chi connectivity index (χ1) is 12.3. The molecule has 26 heavy (non-hydrogen) atoms. The number of hydrogen-bond donors (Lipinski definition) is 2. The number of anilines is 2. The molecule has 0 fully saturated rings. The summed E-state index contributed by atoms with van der Waals surface area (Å²) >= 11 is 5.00. The minimum atomic E-state index is -2.39. The van der Waals surface area contributed by atoms with Crippen LogP contribution in [0.4, 0.5) is 10.7 Å². The lowest BCUT2D eigenvalue weighted by Crippen LogP contribution is -2.20. The summed E-state index contributed by atoms with van der Waals surface area (Å²) in [6.45, 7) is 1.84. The molecule has 3 aromatic rings. The van der Waals surface area contributed by atoms with Crippen molar-refractivity contribution in [2.75, 3.05) is 11.4 Å². The Morgan fingerprint density at radius 2 is 2.00 bits per heavy atom. The number of aromatic carboxylic acids is 1. The Morgan fingerprint density at radius 1 is 1.27 bits per heavy atom. The fourth-order valence-electron chi connectivity index (χ4n) is 2.62. The van der Waals surface area contributed by atoms with Gasteiger partial charge in [-0.1, -0.05) is 11.6 Å². The van der Waals surface area contributed by atoms with E-state index in [2.05, 4.69) is 0 Å². The van der Waals surface area contributed by atoms with E-state index in [9.17, 15) is 13.6 Å². The minimum Gasteiger partial charge on any atom is -0.495 e. The lowest BCUT2D eigenvalue weighted by atomic mass is 10.1. The lowest BCUT2D eigenvalue weighted by Gasteiger charge is -2.21. The second-order valence-electron chi connectivity index (χ2n) is 5.39. The molecule has 136 valence electrons. The van der Waals surface area contributed by atoms with E-state index in [0.29, 0.717) is 15.7 Å². The van der Waals surface area contributed by atoms with Crippen molar-refractivity contribution in [3.63, 3.8) is 0 Å². The van der Waals surface area contributed by atoms with Gasteiger partial charge in [0.2, 0.25) is 0 Å². The number of halogens is 1. The van der Waals surface area contributed by atoms with Crippen molar-refractivity contribution < 1.29 is 23.4 Å². The molecule has 0 radical (unpaired) electrons. The molecular weight excluding hydrogens is 398 g/mol. The van der Waals surface area contributed by atoms with Crippen molar-refractivity contribution in [3.05, 3.63) is 52.5 Å².